The molecule has 0 aliphatic heterocycles. The number of imidazole rings is 1. The third-order valence-electron chi connectivity index (χ3n) is 2.93. The molecule has 0 aliphatic rings. The second kappa shape index (κ2) is 7.01. The van der Waals surface area contributed by atoms with Gasteiger partial charge in [0.1, 0.15) is 5.75 Å². The lowest BCUT2D eigenvalue weighted by molar-refractivity contribution is -0.114. The van der Waals surface area contributed by atoms with E-state index >= 15 is 0 Å². The van der Waals surface area contributed by atoms with E-state index in [4.69, 9.17) is 4.74 Å². The van der Waals surface area contributed by atoms with Gasteiger partial charge < -0.3 is 15.0 Å². The monoisotopic (exact) mass is 348 g/mol. The number of carbonyl (C=O) groups excluding carboxylic acids is 1. The minimum atomic E-state index is -0.110. The molecule has 0 unspecified atom stereocenters. The number of H-pyrrole nitrogens is 1. The molecule has 0 fully saturated rings. The van der Waals surface area contributed by atoms with Crippen molar-refractivity contribution in [2.75, 3.05) is 11.9 Å². The maximum Gasteiger partial charge on any atom is 0.223 e. The van der Waals surface area contributed by atoms with Gasteiger partial charge in [0.05, 0.1) is 23.3 Å². The van der Waals surface area contributed by atoms with Crippen molar-refractivity contribution in [2.24, 2.45) is 0 Å². The maximum absolute atomic E-state index is 11.0. The number of rotatable bonds is 6. The third kappa shape index (κ3) is 4.02. The van der Waals surface area contributed by atoms with Gasteiger partial charge in [-0.3, -0.25) is 4.79 Å². The van der Waals surface area contributed by atoms with Crippen LogP contribution in [0, 0.1) is 0 Å². The van der Waals surface area contributed by atoms with Crippen molar-refractivity contribution >= 4 is 45.2 Å². The Morgan fingerprint density at radius 3 is 3.09 bits per heavy atom. The summed E-state index contributed by atoms with van der Waals surface area (Å²) in [5, 5.41) is 6.08. The van der Waals surface area contributed by atoms with Crippen LogP contribution >= 0.6 is 23.1 Å². The molecule has 0 spiro atoms. The Morgan fingerprint density at radius 1 is 1.43 bits per heavy atom. The Bertz CT molecular complexity index is 828. The maximum atomic E-state index is 11.0. The summed E-state index contributed by atoms with van der Waals surface area (Å²) in [6.07, 6.45) is 0. The van der Waals surface area contributed by atoms with Crippen LogP contribution in [0.15, 0.2) is 28.7 Å². The van der Waals surface area contributed by atoms with Gasteiger partial charge in [0.15, 0.2) is 10.3 Å². The number of thiazole rings is 1. The molecule has 6 nitrogen and oxygen atoms in total. The van der Waals surface area contributed by atoms with Crippen LogP contribution in [-0.2, 0) is 10.5 Å². The summed E-state index contributed by atoms with van der Waals surface area (Å²) in [5.74, 6) is 1.41. The number of anilines is 1. The zero-order valence-electron chi connectivity index (χ0n) is 12.8. The lowest BCUT2D eigenvalue weighted by atomic mass is 10.3. The standard InChI is InChI=1S/C15H16N4O2S2/c1-3-21-11-4-5-12-13(6-11)19-15(18-12)23-8-10-7-22-14(17-10)16-9(2)20/h4-7H,3,8H2,1-2H3,(H,18,19)(H,16,17,20). The van der Waals surface area contributed by atoms with E-state index in [2.05, 4.69) is 20.3 Å². The van der Waals surface area contributed by atoms with E-state index in [1.807, 2.05) is 30.5 Å². The van der Waals surface area contributed by atoms with Crippen molar-refractivity contribution in [1.82, 2.24) is 15.0 Å². The fourth-order valence-corrected chi connectivity index (χ4v) is 3.65. The minimum absolute atomic E-state index is 0.110. The number of nitrogens with zero attached hydrogens (tertiary/aromatic N) is 2. The van der Waals surface area contributed by atoms with Crippen molar-refractivity contribution in [1.29, 1.82) is 0 Å². The number of hydrogen-bond acceptors (Lipinski definition) is 6. The van der Waals surface area contributed by atoms with E-state index in [-0.39, 0.29) is 5.91 Å². The van der Waals surface area contributed by atoms with Crippen LogP contribution in [-0.4, -0.2) is 27.5 Å². The van der Waals surface area contributed by atoms with Crippen LogP contribution < -0.4 is 10.1 Å². The van der Waals surface area contributed by atoms with Gasteiger partial charge in [-0.2, -0.15) is 0 Å². The van der Waals surface area contributed by atoms with Gasteiger partial charge in [0, 0.05) is 24.1 Å². The molecule has 0 atom stereocenters. The second-order valence-corrected chi connectivity index (χ2v) is 6.59. The number of amides is 1. The number of hydrogen-bond donors (Lipinski definition) is 2. The summed E-state index contributed by atoms with van der Waals surface area (Å²) in [6, 6.07) is 5.81. The molecular formula is C15H16N4O2S2. The molecule has 23 heavy (non-hydrogen) atoms. The highest BCUT2D eigenvalue weighted by molar-refractivity contribution is 7.98. The van der Waals surface area contributed by atoms with E-state index in [1.165, 1.54) is 18.3 Å². The summed E-state index contributed by atoms with van der Waals surface area (Å²) in [5.41, 5.74) is 2.78. The molecule has 2 aromatic heterocycles. The molecule has 0 aliphatic carbocycles. The van der Waals surface area contributed by atoms with Gasteiger partial charge in [-0.25, -0.2) is 9.97 Å². The van der Waals surface area contributed by atoms with Gasteiger partial charge in [0.2, 0.25) is 5.91 Å². The number of carbonyl (C=O) groups is 1. The summed E-state index contributed by atoms with van der Waals surface area (Å²) in [6.45, 7) is 4.07. The summed E-state index contributed by atoms with van der Waals surface area (Å²) in [4.78, 5) is 23.2. The Morgan fingerprint density at radius 2 is 2.30 bits per heavy atom. The van der Waals surface area contributed by atoms with Crippen LogP contribution in [0.3, 0.4) is 0 Å². The first-order valence-corrected chi connectivity index (χ1v) is 8.98. The number of fused-ring (bicyclic) bond motifs is 1. The quantitative estimate of drug-likeness (QED) is 0.665. The molecular weight excluding hydrogens is 332 g/mol. The molecule has 120 valence electrons. The molecule has 3 aromatic rings. The highest BCUT2D eigenvalue weighted by Crippen LogP contribution is 2.26. The van der Waals surface area contributed by atoms with Crippen molar-refractivity contribution in [3.05, 3.63) is 29.3 Å². The molecule has 1 aromatic carbocycles. The Labute approximate surface area is 141 Å². The Balaban J connectivity index is 1.66. The van der Waals surface area contributed by atoms with E-state index in [1.54, 1.807) is 11.8 Å². The normalized spacial score (nSPS) is 10.9. The molecule has 0 saturated carbocycles. The third-order valence-corrected chi connectivity index (χ3v) is 4.65. The SMILES string of the molecule is CCOc1ccc2nc(SCc3csc(NC(C)=O)n3)[nH]c2c1. The van der Waals surface area contributed by atoms with Gasteiger partial charge in [-0.05, 0) is 19.1 Å². The van der Waals surface area contributed by atoms with E-state index in [0.29, 0.717) is 17.5 Å². The van der Waals surface area contributed by atoms with Crippen LogP contribution in [0.4, 0.5) is 5.13 Å². The highest BCUT2D eigenvalue weighted by atomic mass is 32.2. The lowest BCUT2D eigenvalue weighted by Crippen LogP contribution is -2.05. The van der Waals surface area contributed by atoms with E-state index in [0.717, 1.165) is 27.6 Å². The summed E-state index contributed by atoms with van der Waals surface area (Å²) >= 11 is 3.00. The summed E-state index contributed by atoms with van der Waals surface area (Å²) in [7, 11) is 0. The predicted octanol–water partition coefficient (Wildman–Crippen LogP) is 3.67. The van der Waals surface area contributed by atoms with E-state index < -0.39 is 0 Å². The van der Waals surface area contributed by atoms with Gasteiger partial charge in [-0.1, -0.05) is 11.8 Å². The van der Waals surface area contributed by atoms with Gasteiger partial charge in [-0.15, -0.1) is 11.3 Å². The molecule has 0 radical (unpaired) electrons. The number of thioether (sulfide) groups is 1. The van der Waals surface area contributed by atoms with Crippen LogP contribution in [0.2, 0.25) is 0 Å². The Kier molecular flexibility index (Phi) is 4.82. The number of aromatic amines is 1. The molecule has 8 heteroatoms. The van der Waals surface area contributed by atoms with Gasteiger partial charge >= 0.3 is 0 Å². The number of aromatic nitrogens is 3. The molecule has 2 N–H and O–H groups in total. The van der Waals surface area contributed by atoms with Gasteiger partial charge in [0.25, 0.3) is 0 Å². The van der Waals surface area contributed by atoms with Crippen molar-refractivity contribution in [3.63, 3.8) is 0 Å². The van der Waals surface area contributed by atoms with E-state index in [9.17, 15) is 4.79 Å². The summed E-state index contributed by atoms with van der Waals surface area (Å²) < 4.78 is 5.49. The highest BCUT2D eigenvalue weighted by Gasteiger charge is 2.08. The Hall–Kier alpha value is -2.06. The van der Waals surface area contributed by atoms with Crippen molar-refractivity contribution in [3.8, 4) is 5.75 Å². The molecule has 1 amide bonds. The van der Waals surface area contributed by atoms with Crippen molar-refractivity contribution in [2.45, 2.75) is 24.8 Å². The molecule has 3 rings (SSSR count). The lowest BCUT2D eigenvalue weighted by Gasteiger charge is -2.00. The number of benzene rings is 1. The zero-order valence-corrected chi connectivity index (χ0v) is 14.4. The first-order chi connectivity index (χ1) is 11.1. The molecule has 2 heterocycles. The molecule has 0 bridgehead atoms. The second-order valence-electron chi connectivity index (χ2n) is 4.77. The minimum Gasteiger partial charge on any atom is -0.494 e. The van der Waals surface area contributed by atoms with Crippen molar-refractivity contribution < 1.29 is 9.53 Å². The van der Waals surface area contributed by atoms with Crippen LogP contribution in [0.1, 0.15) is 19.5 Å². The fourth-order valence-electron chi connectivity index (χ4n) is 2.01. The average Bonchev–Trinajstić information content (AvgIpc) is 3.10. The largest absolute Gasteiger partial charge is 0.494 e. The first kappa shape index (κ1) is 15.8. The first-order valence-electron chi connectivity index (χ1n) is 7.11. The zero-order chi connectivity index (χ0) is 16.2. The fraction of sp³-hybridized carbons (Fsp3) is 0.267. The molecule has 0 saturated heterocycles. The predicted molar refractivity (Wildman–Crippen MR) is 93.2 cm³/mol. The van der Waals surface area contributed by atoms with Crippen LogP contribution in [0.5, 0.6) is 5.75 Å². The number of nitrogens with one attached hydrogen (secondary N) is 2. The number of ether oxygens (including phenoxy) is 1. The topological polar surface area (TPSA) is 79.9 Å². The smallest absolute Gasteiger partial charge is 0.223 e. The average molecular weight is 348 g/mol. The van der Waals surface area contributed by atoms with Crippen LogP contribution in [0.25, 0.3) is 11.0 Å².